The smallest absolute Gasteiger partial charge is 0.315 e. The monoisotopic (exact) mass is 334 g/mol. The van der Waals surface area contributed by atoms with Crippen LogP contribution < -0.4 is 15.4 Å². The third-order valence-electron chi connectivity index (χ3n) is 3.38. The Labute approximate surface area is 140 Å². The number of nitrogens with one attached hydrogen (secondary N) is 2. The molecule has 0 aliphatic heterocycles. The predicted molar refractivity (Wildman–Crippen MR) is 91.9 cm³/mol. The van der Waals surface area contributed by atoms with Crippen molar-refractivity contribution in [3.8, 4) is 5.75 Å². The zero-order valence-electron chi connectivity index (χ0n) is 13.3. The van der Waals surface area contributed by atoms with E-state index in [0.29, 0.717) is 13.0 Å². The fourth-order valence-electron chi connectivity index (χ4n) is 2.16. The van der Waals surface area contributed by atoms with Crippen molar-refractivity contribution < 1.29 is 14.6 Å². The Morgan fingerprint density at radius 3 is 2.61 bits per heavy atom. The summed E-state index contributed by atoms with van der Waals surface area (Å²) in [6.45, 7) is 2.37. The average Bonchev–Trinajstić information content (AvgIpc) is 3.05. The summed E-state index contributed by atoms with van der Waals surface area (Å²) in [4.78, 5) is 12.9. The second kappa shape index (κ2) is 7.99. The van der Waals surface area contributed by atoms with Crippen LogP contribution in [0, 0.1) is 0 Å². The third-order valence-corrected chi connectivity index (χ3v) is 4.25. The molecule has 3 N–H and O–H groups in total. The molecule has 2 rings (SSSR count). The molecule has 1 atom stereocenters. The molecule has 0 fully saturated rings. The molecule has 0 saturated heterocycles. The summed E-state index contributed by atoms with van der Waals surface area (Å²) in [7, 11) is 1.61. The number of aliphatic hydroxyl groups is 1. The molecule has 124 valence electrons. The van der Waals surface area contributed by atoms with Gasteiger partial charge in [0.15, 0.2) is 0 Å². The summed E-state index contributed by atoms with van der Waals surface area (Å²) >= 11 is 1.59. The lowest BCUT2D eigenvalue weighted by Gasteiger charge is -2.24. The Kier molecular flexibility index (Phi) is 6.01. The molecule has 1 aromatic carbocycles. The highest BCUT2D eigenvalue weighted by Crippen LogP contribution is 2.16. The summed E-state index contributed by atoms with van der Waals surface area (Å²) in [6.07, 6.45) is 0.447. The fraction of sp³-hybridized carbons (Fsp3) is 0.353. The van der Waals surface area contributed by atoms with E-state index in [9.17, 15) is 9.90 Å². The number of amides is 2. The molecule has 1 heterocycles. The van der Waals surface area contributed by atoms with Crippen LogP contribution in [-0.2, 0) is 13.0 Å². The van der Waals surface area contributed by atoms with Gasteiger partial charge in [0.05, 0.1) is 19.3 Å². The number of methoxy groups -OCH3 is 1. The van der Waals surface area contributed by atoms with E-state index in [1.54, 1.807) is 25.4 Å². The van der Waals surface area contributed by atoms with Gasteiger partial charge in [0.1, 0.15) is 5.75 Å². The first-order chi connectivity index (χ1) is 11.0. The van der Waals surface area contributed by atoms with Crippen molar-refractivity contribution in [2.24, 2.45) is 0 Å². The Balaban J connectivity index is 1.76. The Bertz CT molecular complexity index is 609. The van der Waals surface area contributed by atoms with E-state index in [1.807, 2.05) is 41.8 Å². The molecule has 1 aromatic heterocycles. The van der Waals surface area contributed by atoms with E-state index < -0.39 is 5.60 Å². The van der Waals surface area contributed by atoms with E-state index in [-0.39, 0.29) is 12.6 Å². The van der Waals surface area contributed by atoms with Crippen molar-refractivity contribution in [1.82, 2.24) is 10.6 Å². The van der Waals surface area contributed by atoms with Gasteiger partial charge in [-0.15, -0.1) is 11.3 Å². The van der Waals surface area contributed by atoms with Gasteiger partial charge < -0.3 is 20.5 Å². The highest BCUT2D eigenvalue weighted by molar-refractivity contribution is 7.09. The van der Waals surface area contributed by atoms with E-state index in [2.05, 4.69) is 10.6 Å². The standard InChI is InChI=1S/C17H22N2O3S/c1-17(21,10-13-5-7-14(22-2)8-6-13)12-19-16(20)18-11-15-4-3-9-23-15/h3-9,21H,10-12H2,1-2H3,(H2,18,19,20). The van der Waals surface area contributed by atoms with Crippen LogP contribution in [0.2, 0.25) is 0 Å². The van der Waals surface area contributed by atoms with Gasteiger partial charge >= 0.3 is 6.03 Å². The molecule has 0 spiro atoms. The van der Waals surface area contributed by atoms with Crippen molar-refractivity contribution in [1.29, 1.82) is 0 Å². The van der Waals surface area contributed by atoms with Crippen molar-refractivity contribution in [2.75, 3.05) is 13.7 Å². The molecule has 2 amide bonds. The van der Waals surface area contributed by atoms with Crippen LogP contribution in [0.3, 0.4) is 0 Å². The van der Waals surface area contributed by atoms with Gasteiger partial charge in [-0.1, -0.05) is 18.2 Å². The van der Waals surface area contributed by atoms with Crippen LogP contribution in [0.1, 0.15) is 17.4 Å². The second-order valence-corrected chi connectivity index (χ2v) is 6.67. The average molecular weight is 334 g/mol. The molecule has 2 aromatic rings. The van der Waals surface area contributed by atoms with Crippen LogP contribution in [0.15, 0.2) is 41.8 Å². The number of hydrogen-bond acceptors (Lipinski definition) is 4. The van der Waals surface area contributed by atoms with Crippen LogP contribution >= 0.6 is 11.3 Å². The normalized spacial score (nSPS) is 13.2. The number of benzene rings is 1. The molecular formula is C17H22N2O3S. The van der Waals surface area contributed by atoms with Crippen LogP contribution in [0.4, 0.5) is 4.79 Å². The third kappa shape index (κ3) is 5.92. The molecule has 23 heavy (non-hydrogen) atoms. The first kappa shape index (κ1) is 17.3. The maximum Gasteiger partial charge on any atom is 0.315 e. The Hall–Kier alpha value is -2.05. The van der Waals surface area contributed by atoms with Crippen LogP contribution in [-0.4, -0.2) is 30.4 Å². The van der Waals surface area contributed by atoms with E-state index in [0.717, 1.165) is 16.2 Å². The zero-order chi connectivity index (χ0) is 16.7. The van der Waals surface area contributed by atoms with Gasteiger partial charge in [0, 0.05) is 17.8 Å². The highest BCUT2D eigenvalue weighted by atomic mass is 32.1. The molecule has 0 aliphatic carbocycles. The summed E-state index contributed by atoms with van der Waals surface area (Å²) in [6, 6.07) is 11.1. The number of carbonyl (C=O) groups excluding carboxylic acids is 1. The lowest BCUT2D eigenvalue weighted by Crippen LogP contribution is -2.45. The first-order valence-electron chi connectivity index (χ1n) is 7.38. The lowest BCUT2D eigenvalue weighted by molar-refractivity contribution is 0.0624. The molecular weight excluding hydrogens is 312 g/mol. The summed E-state index contributed by atoms with van der Waals surface area (Å²) < 4.78 is 5.11. The van der Waals surface area contributed by atoms with Crippen molar-refractivity contribution >= 4 is 17.4 Å². The molecule has 1 unspecified atom stereocenters. The number of thiophene rings is 1. The largest absolute Gasteiger partial charge is 0.497 e. The first-order valence-corrected chi connectivity index (χ1v) is 8.26. The van der Waals surface area contributed by atoms with Crippen molar-refractivity contribution in [2.45, 2.75) is 25.5 Å². The quantitative estimate of drug-likeness (QED) is 0.729. The number of urea groups is 1. The molecule has 0 radical (unpaired) electrons. The summed E-state index contributed by atoms with van der Waals surface area (Å²) in [5.74, 6) is 0.777. The number of rotatable bonds is 7. The topological polar surface area (TPSA) is 70.6 Å². The maximum atomic E-state index is 11.8. The minimum Gasteiger partial charge on any atom is -0.497 e. The summed E-state index contributed by atoms with van der Waals surface area (Å²) in [5, 5.41) is 17.9. The molecule has 0 aliphatic rings. The fourth-order valence-corrected chi connectivity index (χ4v) is 2.80. The second-order valence-electron chi connectivity index (χ2n) is 5.64. The van der Waals surface area contributed by atoms with Crippen LogP contribution in [0.5, 0.6) is 5.75 Å². The summed E-state index contributed by atoms with van der Waals surface area (Å²) in [5.41, 5.74) is -0.0360. The molecule has 6 heteroatoms. The molecule has 0 saturated carbocycles. The zero-order valence-corrected chi connectivity index (χ0v) is 14.2. The molecule has 0 bridgehead atoms. The van der Waals surface area contributed by atoms with Gasteiger partial charge in [-0.25, -0.2) is 4.79 Å². The van der Waals surface area contributed by atoms with Gasteiger partial charge in [-0.3, -0.25) is 0 Å². The number of hydrogen-bond donors (Lipinski definition) is 3. The van der Waals surface area contributed by atoms with Gasteiger partial charge in [-0.2, -0.15) is 0 Å². The van der Waals surface area contributed by atoms with Crippen molar-refractivity contribution in [3.63, 3.8) is 0 Å². The van der Waals surface area contributed by atoms with Crippen LogP contribution in [0.25, 0.3) is 0 Å². The maximum absolute atomic E-state index is 11.8. The minimum atomic E-state index is -1.02. The van der Waals surface area contributed by atoms with Gasteiger partial charge in [-0.05, 0) is 36.1 Å². The molecule has 5 nitrogen and oxygen atoms in total. The highest BCUT2D eigenvalue weighted by Gasteiger charge is 2.21. The van der Waals surface area contributed by atoms with E-state index >= 15 is 0 Å². The van der Waals surface area contributed by atoms with E-state index in [1.165, 1.54) is 0 Å². The van der Waals surface area contributed by atoms with Gasteiger partial charge in [0.2, 0.25) is 0 Å². The minimum absolute atomic E-state index is 0.176. The number of ether oxygens (including phenoxy) is 1. The van der Waals surface area contributed by atoms with E-state index in [4.69, 9.17) is 4.74 Å². The number of carbonyl (C=O) groups is 1. The lowest BCUT2D eigenvalue weighted by atomic mass is 9.96. The van der Waals surface area contributed by atoms with Gasteiger partial charge in [0.25, 0.3) is 0 Å². The Morgan fingerprint density at radius 1 is 1.26 bits per heavy atom. The Morgan fingerprint density at radius 2 is 2.00 bits per heavy atom. The SMILES string of the molecule is COc1ccc(CC(C)(O)CNC(=O)NCc2cccs2)cc1. The van der Waals surface area contributed by atoms with Crippen molar-refractivity contribution in [3.05, 3.63) is 52.2 Å². The predicted octanol–water partition coefficient (Wildman–Crippen LogP) is 2.55.